The summed E-state index contributed by atoms with van der Waals surface area (Å²) in [6, 6.07) is 8.15. The summed E-state index contributed by atoms with van der Waals surface area (Å²) in [4.78, 5) is 12.1. The Morgan fingerprint density at radius 1 is 1.32 bits per heavy atom. The number of fused-ring (bicyclic) bond motifs is 1. The Labute approximate surface area is 129 Å². The van der Waals surface area contributed by atoms with Gasteiger partial charge in [-0.3, -0.25) is 9.89 Å². The third-order valence-electron chi connectivity index (χ3n) is 4.00. The Morgan fingerprint density at radius 2 is 2.09 bits per heavy atom. The first-order valence-electron chi connectivity index (χ1n) is 7.64. The molecule has 3 rings (SSSR count). The zero-order valence-corrected chi connectivity index (χ0v) is 12.9. The molecular formula is C17H20N4O. The monoisotopic (exact) mass is 296 g/mol. The fraction of sp³-hybridized carbons (Fsp3) is 0.353. The van der Waals surface area contributed by atoms with Gasteiger partial charge in [0.1, 0.15) is 0 Å². The van der Waals surface area contributed by atoms with E-state index in [1.54, 1.807) is 6.21 Å². The van der Waals surface area contributed by atoms with Crippen LogP contribution in [0.2, 0.25) is 0 Å². The van der Waals surface area contributed by atoms with E-state index in [1.165, 1.54) is 5.56 Å². The van der Waals surface area contributed by atoms with Crippen LogP contribution >= 0.6 is 0 Å². The topological polar surface area (TPSA) is 70.1 Å². The van der Waals surface area contributed by atoms with Gasteiger partial charge in [0, 0.05) is 11.3 Å². The van der Waals surface area contributed by atoms with Gasteiger partial charge >= 0.3 is 0 Å². The molecule has 1 aromatic carbocycles. The van der Waals surface area contributed by atoms with Gasteiger partial charge in [-0.15, -0.1) is 0 Å². The first-order chi connectivity index (χ1) is 10.6. The summed E-state index contributed by atoms with van der Waals surface area (Å²) in [6.07, 6.45) is 4.61. The largest absolute Gasteiger partial charge is 0.292 e. The maximum atomic E-state index is 12.1. The van der Waals surface area contributed by atoms with Gasteiger partial charge in [-0.25, -0.2) is 5.43 Å². The number of aryl methyl sites for hydroxylation is 1. The van der Waals surface area contributed by atoms with Crippen molar-refractivity contribution in [1.82, 2.24) is 15.6 Å². The van der Waals surface area contributed by atoms with E-state index in [4.69, 9.17) is 0 Å². The molecule has 0 radical (unpaired) electrons. The van der Waals surface area contributed by atoms with E-state index in [0.717, 1.165) is 36.1 Å². The minimum atomic E-state index is -0.255. The van der Waals surface area contributed by atoms with E-state index in [2.05, 4.69) is 46.7 Å². The molecule has 2 N–H and O–H groups in total. The minimum Gasteiger partial charge on any atom is -0.281 e. The molecule has 0 unspecified atom stereocenters. The third kappa shape index (κ3) is 2.93. The predicted molar refractivity (Wildman–Crippen MR) is 86.2 cm³/mol. The van der Waals surface area contributed by atoms with Crippen LogP contribution in [-0.2, 0) is 12.8 Å². The molecule has 1 aliphatic carbocycles. The zero-order valence-electron chi connectivity index (χ0n) is 12.9. The molecular weight excluding hydrogens is 276 g/mol. The van der Waals surface area contributed by atoms with Crippen LogP contribution in [0.5, 0.6) is 0 Å². The molecule has 1 heterocycles. The second kappa shape index (κ2) is 6.13. The number of carbonyl (C=O) groups excluding carboxylic acids is 1. The number of hydrogen-bond acceptors (Lipinski definition) is 3. The molecule has 22 heavy (non-hydrogen) atoms. The number of nitrogens with zero attached hydrogens (tertiary/aromatic N) is 2. The third-order valence-corrected chi connectivity index (χ3v) is 4.00. The molecule has 1 aromatic heterocycles. The van der Waals surface area contributed by atoms with Crippen LogP contribution in [0.4, 0.5) is 0 Å². The number of hydrogen-bond donors (Lipinski definition) is 2. The number of rotatable bonds is 4. The fourth-order valence-electron chi connectivity index (χ4n) is 2.69. The maximum absolute atomic E-state index is 12.1. The SMILES string of the molecule is CC(C)c1ccc(/C=N\NC(=O)c2n[nH]c3c2CCC3)cc1. The molecule has 5 heteroatoms. The zero-order chi connectivity index (χ0) is 15.5. The van der Waals surface area contributed by atoms with Crippen molar-refractivity contribution in [3.05, 3.63) is 52.3 Å². The van der Waals surface area contributed by atoms with E-state index in [0.29, 0.717) is 11.6 Å². The first-order valence-corrected chi connectivity index (χ1v) is 7.64. The average molecular weight is 296 g/mol. The highest BCUT2D eigenvalue weighted by atomic mass is 16.2. The molecule has 5 nitrogen and oxygen atoms in total. The Balaban J connectivity index is 1.63. The van der Waals surface area contributed by atoms with Gasteiger partial charge in [0.25, 0.3) is 5.91 Å². The van der Waals surface area contributed by atoms with E-state index in [-0.39, 0.29) is 5.91 Å². The lowest BCUT2D eigenvalue weighted by atomic mass is 10.0. The lowest BCUT2D eigenvalue weighted by molar-refractivity contribution is 0.0949. The summed E-state index contributed by atoms with van der Waals surface area (Å²) in [7, 11) is 0. The summed E-state index contributed by atoms with van der Waals surface area (Å²) in [5.41, 5.74) is 7.38. The minimum absolute atomic E-state index is 0.255. The van der Waals surface area contributed by atoms with Gasteiger partial charge in [0.15, 0.2) is 5.69 Å². The Hall–Kier alpha value is -2.43. The second-order valence-corrected chi connectivity index (χ2v) is 5.90. The summed E-state index contributed by atoms with van der Waals surface area (Å²) >= 11 is 0. The quantitative estimate of drug-likeness (QED) is 0.673. The highest BCUT2D eigenvalue weighted by Gasteiger charge is 2.22. The molecule has 0 spiro atoms. The Morgan fingerprint density at radius 3 is 2.82 bits per heavy atom. The molecule has 0 atom stereocenters. The van der Waals surface area contributed by atoms with Crippen LogP contribution in [0.3, 0.4) is 0 Å². The van der Waals surface area contributed by atoms with Crippen LogP contribution in [0.15, 0.2) is 29.4 Å². The van der Waals surface area contributed by atoms with Crippen molar-refractivity contribution >= 4 is 12.1 Å². The van der Waals surface area contributed by atoms with Crippen molar-refractivity contribution in [2.75, 3.05) is 0 Å². The number of aromatic nitrogens is 2. The van der Waals surface area contributed by atoms with E-state index in [1.807, 2.05) is 12.1 Å². The van der Waals surface area contributed by atoms with E-state index < -0.39 is 0 Å². The maximum Gasteiger partial charge on any atom is 0.292 e. The van der Waals surface area contributed by atoms with Gasteiger partial charge in [-0.2, -0.15) is 10.2 Å². The molecule has 0 saturated heterocycles. The number of benzene rings is 1. The summed E-state index contributed by atoms with van der Waals surface area (Å²) in [6.45, 7) is 4.32. The van der Waals surface area contributed by atoms with Crippen LogP contribution in [-0.4, -0.2) is 22.3 Å². The number of aromatic amines is 1. The molecule has 1 amide bonds. The van der Waals surface area contributed by atoms with Gasteiger partial charge in [-0.1, -0.05) is 38.1 Å². The van der Waals surface area contributed by atoms with Crippen LogP contribution in [0.1, 0.15) is 59.1 Å². The smallest absolute Gasteiger partial charge is 0.281 e. The van der Waals surface area contributed by atoms with Crippen molar-refractivity contribution in [2.24, 2.45) is 5.10 Å². The summed E-state index contributed by atoms with van der Waals surface area (Å²) < 4.78 is 0. The highest BCUT2D eigenvalue weighted by molar-refractivity contribution is 5.94. The molecule has 2 aromatic rings. The van der Waals surface area contributed by atoms with Crippen molar-refractivity contribution in [3.63, 3.8) is 0 Å². The summed E-state index contributed by atoms with van der Waals surface area (Å²) in [5.74, 6) is 0.252. The van der Waals surface area contributed by atoms with Crippen LogP contribution < -0.4 is 5.43 Å². The van der Waals surface area contributed by atoms with E-state index in [9.17, 15) is 4.79 Å². The lowest BCUT2D eigenvalue weighted by Gasteiger charge is -2.04. The number of nitrogens with one attached hydrogen (secondary N) is 2. The average Bonchev–Trinajstić information content (AvgIpc) is 3.10. The summed E-state index contributed by atoms with van der Waals surface area (Å²) in [5, 5.41) is 11.0. The molecule has 0 fully saturated rings. The Kier molecular flexibility index (Phi) is 4.04. The number of amides is 1. The van der Waals surface area contributed by atoms with Crippen LogP contribution in [0.25, 0.3) is 0 Å². The van der Waals surface area contributed by atoms with Gasteiger partial charge < -0.3 is 0 Å². The first kappa shape index (κ1) is 14.5. The second-order valence-electron chi connectivity index (χ2n) is 5.90. The van der Waals surface area contributed by atoms with Crippen LogP contribution in [0, 0.1) is 0 Å². The Bertz CT molecular complexity index is 698. The lowest BCUT2D eigenvalue weighted by Crippen LogP contribution is -2.19. The van der Waals surface area contributed by atoms with Gasteiger partial charge in [0.2, 0.25) is 0 Å². The van der Waals surface area contributed by atoms with Crippen molar-refractivity contribution in [3.8, 4) is 0 Å². The highest BCUT2D eigenvalue weighted by Crippen LogP contribution is 2.22. The number of hydrazone groups is 1. The van der Waals surface area contributed by atoms with Crippen molar-refractivity contribution < 1.29 is 4.79 Å². The molecule has 0 saturated carbocycles. The van der Waals surface area contributed by atoms with E-state index >= 15 is 0 Å². The molecule has 114 valence electrons. The predicted octanol–water partition coefficient (Wildman–Crippen LogP) is 2.79. The normalized spacial score (nSPS) is 13.8. The standard InChI is InChI=1S/C17H20N4O/c1-11(2)13-8-6-12(7-9-13)10-18-21-17(22)16-14-4-3-5-15(14)19-20-16/h6-11H,3-5H2,1-2H3,(H,19,20)(H,21,22)/b18-10-. The fourth-order valence-corrected chi connectivity index (χ4v) is 2.69. The number of carbonyl (C=O) groups is 1. The van der Waals surface area contributed by atoms with Crippen molar-refractivity contribution in [2.45, 2.75) is 39.0 Å². The van der Waals surface area contributed by atoms with Gasteiger partial charge in [0.05, 0.1) is 6.21 Å². The number of H-pyrrole nitrogens is 1. The molecule has 0 bridgehead atoms. The molecule has 0 aliphatic heterocycles. The van der Waals surface area contributed by atoms with Gasteiger partial charge in [-0.05, 0) is 36.3 Å². The molecule has 1 aliphatic rings. The van der Waals surface area contributed by atoms with Crippen molar-refractivity contribution in [1.29, 1.82) is 0 Å².